The van der Waals surface area contributed by atoms with Crippen molar-refractivity contribution in [3.05, 3.63) is 30.1 Å². The molecule has 1 saturated heterocycles. The quantitative estimate of drug-likeness (QED) is 0.0421. The fraction of sp³-hybridized carbons (Fsp3) is 0.810. The van der Waals surface area contributed by atoms with Gasteiger partial charge in [0.25, 0.3) is 0 Å². The van der Waals surface area contributed by atoms with Crippen LogP contribution >= 0.6 is 0 Å². The number of unbranched alkanes of at least 4 members (excludes halogenated alkanes) is 20. The fourth-order valence-corrected chi connectivity index (χ4v) is 10.5. The highest BCUT2D eigenvalue weighted by molar-refractivity contribution is 6.06. The average molecular weight is 961 g/mol. The number of nitrogen functional groups attached to an aromatic ring is 1. The first-order chi connectivity index (χ1) is 33.6. The molecular weight excluding hydrogens is 855 g/mol. The molecule has 0 amide bonds. The van der Waals surface area contributed by atoms with Crippen LogP contribution in [0.1, 0.15) is 207 Å². The summed E-state index contributed by atoms with van der Waals surface area (Å²) in [6.07, 6.45) is 33.9. The Balaban J connectivity index is 1.14. The molecule has 11 nitrogen and oxygen atoms in total. The fourth-order valence-electron chi connectivity index (χ4n) is 10.5. The van der Waals surface area contributed by atoms with Gasteiger partial charge in [0.05, 0.1) is 24.1 Å². The Morgan fingerprint density at radius 1 is 0.652 bits per heavy atom. The first-order valence-electron chi connectivity index (χ1n) is 29.0. The van der Waals surface area contributed by atoms with Crippen molar-refractivity contribution >= 4 is 33.7 Å². The van der Waals surface area contributed by atoms with Crippen molar-refractivity contribution in [1.29, 1.82) is 0 Å². The average Bonchev–Trinajstić information content (AvgIpc) is 3.69. The van der Waals surface area contributed by atoms with Crippen LogP contribution in [-0.2, 0) is 22.6 Å². The Kier molecular flexibility index (Phi) is 30.1. The molecule has 1 aliphatic rings. The number of hydrogen-bond donors (Lipinski definition) is 2. The van der Waals surface area contributed by atoms with Gasteiger partial charge in [0.15, 0.2) is 5.82 Å². The van der Waals surface area contributed by atoms with E-state index in [0.29, 0.717) is 30.8 Å². The van der Waals surface area contributed by atoms with Gasteiger partial charge in [-0.2, -0.15) is 0 Å². The Morgan fingerprint density at radius 3 is 1.70 bits per heavy atom. The third kappa shape index (κ3) is 24.0. The number of nitrogens with zero attached hydrogens (tertiary/aromatic N) is 7. The van der Waals surface area contributed by atoms with E-state index in [2.05, 4.69) is 68.4 Å². The van der Waals surface area contributed by atoms with Crippen molar-refractivity contribution < 1.29 is 9.53 Å². The Bertz CT molecular complexity index is 1770. The lowest BCUT2D eigenvalue weighted by molar-refractivity contribution is -0.157. The highest BCUT2D eigenvalue weighted by Crippen LogP contribution is 2.31. The molecule has 11 heteroatoms. The minimum absolute atomic E-state index is 0.127. The molecule has 0 unspecified atom stereocenters. The Hall–Kier alpha value is -2.83. The molecule has 394 valence electrons. The molecule has 0 spiro atoms. The monoisotopic (exact) mass is 960 g/mol. The minimum atomic E-state index is -0.730. The largest absolute Gasteiger partial charge is 0.458 e. The number of hydrogen-bond acceptors (Lipinski definition) is 10. The predicted molar refractivity (Wildman–Crippen MR) is 295 cm³/mol. The van der Waals surface area contributed by atoms with Gasteiger partial charge in [-0.15, -0.1) is 0 Å². The molecule has 3 aromatic rings. The summed E-state index contributed by atoms with van der Waals surface area (Å²) in [4.78, 5) is 33.7. The molecule has 69 heavy (non-hydrogen) atoms. The van der Waals surface area contributed by atoms with Crippen LogP contribution in [0.15, 0.2) is 24.3 Å². The topological polar surface area (TPSA) is 108 Å². The standard InChI is InChI=1S/C58H105N9O2/c1-7-10-12-14-16-18-20-22-24-30-38-63(6)39-33-42-65-45-47-66(48-46-65)44-34-43-64(40-31-25-23-21-19-17-15-13-11-8-2)41-32-26-27-37-54(68)69-58(4,5)50-67-53(49-60-9-3)62-55-56(67)51-35-28-29-36-52(51)61-57(55)59/h28-29,35-36,60H,7-27,30-34,37-50H2,1-6H3,(H2,59,61). The summed E-state index contributed by atoms with van der Waals surface area (Å²) in [5.74, 6) is 1.16. The molecular formula is C58H105N9O2. The van der Waals surface area contributed by atoms with Gasteiger partial charge in [0.2, 0.25) is 0 Å². The van der Waals surface area contributed by atoms with Gasteiger partial charge in [0, 0.05) is 38.0 Å². The molecule has 3 heterocycles. The summed E-state index contributed by atoms with van der Waals surface area (Å²) in [5.41, 5.74) is 8.19. The number of imidazole rings is 1. The van der Waals surface area contributed by atoms with Crippen LogP contribution in [0, 0.1) is 0 Å². The summed E-state index contributed by atoms with van der Waals surface area (Å²) in [5, 5.41) is 4.42. The highest BCUT2D eigenvalue weighted by atomic mass is 16.6. The van der Waals surface area contributed by atoms with Crippen LogP contribution in [0.4, 0.5) is 5.82 Å². The number of esters is 1. The van der Waals surface area contributed by atoms with Gasteiger partial charge in [0.1, 0.15) is 16.9 Å². The van der Waals surface area contributed by atoms with Crippen molar-refractivity contribution in [1.82, 2.24) is 39.5 Å². The first kappa shape index (κ1) is 58.7. The molecule has 4 rings (SSSR count). The summed E-state index contributed by atoms with van der Waals surface area (Å²) in [7, 11) is 2.33. The van der Waals surface area contributed by atoms with E-state index in [9.17, 15) is 4.79 Å². The molecule has 0 bridgehead atoms. The Morgan fingerprint density at radius 2 is 1.13 bits per heavy atom. The first-order valence-corrected chi connectivity index (χ1v) is 29.0. The number of piperazine rings is 1. The van der Waals surface area contributed by atoms with Gasteiger partial charge < -0.3 is 40.0 Å². The number of nitrogens with one attached hydrogen (secondary N) is 1. The maximum absolute atomic E-state index is 13.4. The normalized spacial score (nSPS) is 14.1. The summed E-state index contributed by atoms with van der Waals surface area (Å²) in [6.45, 7) is 25.9. The van der Waals surface area contributed by atoms with Crippen LogP contribution in [0.3, 0.4) is 0 Å². The lowest BCUT2D eigenvalue weighted by Gasteiger charge is -2.35. The van der Waals surface area contributed by atoms with Gasteiger partial charge in [-0.1, -0.05) is 161 Å². The van der Waals surface area contributed by atoms with E-state index in [1.807, 2.05) is 32.0 Å². The van der Waals surface area contributed by atoms with E-state index in [-0.39, 0.29) is 5.97 Å². The van der Waals surface area contributed by atoms with Crippen molar-refractivity contribution in [2.75, 3.05) is 91.3 Å². The number of carbonyl (C=O) groups is 1. The van der Waals surface area contributed by atoms with Crippen LogP contribution in [0.2, 0.25) is 0 Å². The molecule has 0 aliphatic carbocycles. The number of benzene rings is 1. The number of anilines is 1. The molecule has 0 atom stereocenters. The number of rotatable bonds is 42. The maximum atomic E-state index is 13.4. The molecule has 2 aromatic heterocycles. The smallest absolute Gasteiger partial charge is 0.306 e. The number of aromatic nitrogens is 3. The molecule has 1 aliphatic heterocycles. The van der Waals surface area contributed by atoms with Crippen molar-refractivity contribution in [3.8, 4) is 0 Å². The van der Waals surface area contributed by atoms with E-state index < -0.39 is 5.60 Å². The van der Waals surface area contributed by atoms with Crippen molar-refractivity contribution in [2.24, 2.45) is 0 Å². The number of nitrogens with two attached hydrogens (primary N) is 1. The second-order valence-electron chi connectivity index (χ2n) is 21.5. The van der Waals surface area contributed by atoms with Crippen LogP contribution in [0.25, 0.3) is 21.9 Å². The number of pyridine rings is 1. The van der Waals surface area contributed by atoms with Crippen LogP contribution in [-0.4, -0.2) is 131 Å². The van der Waals surface area contributed by atoms with Crippen molar-refractivity contribution in [3.63, 3.8) is 0 Å². The predicted octanol–water partition coefficient (Wildman–Crippen LogP) is 12.6. The van der Waals surface area contributed by atoms with Crippen LogP contribution in [0.5, 0.6) is 0 Å². The molecule has 3 N–H and O–H groups in total. The lowest BCUT2D eigenvalue weighted by Crippen LogP contribution is -2.47. The van der Waals surface area contributed by atoms with E-state index in [0.717, 1.165) is 54.6 Å². The third-order valence-electron chi connectivity index (χ3n) is 14.7. The van der Waals surface area contributed by atoms with E-state index in [1.165, 1.54) is 207 Å². The second-order valence-corrected chi connectivity index (χ2v) is 21.5. The number of para-hydroxylation sites is 1. The van der Waals surface area contributed by atoms with Gasteiger partial charge in [-0.25, -0.2) is 9.97 Å². The van der Waals surface area contributed by atoms with E-state index in [1.54, 1.807) is 0 Å². The summed E-state index contributed by atoms with van der Waals surface area (Å²) < 4.78 is 8.39. The molecule has 0 radical (unpaired) electrons. The number of fused-ring (bicyclic) bond motifs is 3. The molecule has 1 fully saturated rings. The second kappa shape index (κ2) is 35.3. The van der Waals surface area contributed by atoms with E-state index >= 15 is 0 Å². The number of ether oxygens (including phenoxy) is 1. The molecule has 1 aromatic carbocycles. The lowest BCUT2D eigenvalue weighted by atomic mass is 10.1. The summed E-state index contributed by atoms with van der Waals surface area (Å²) in [6, 6.07) is 8.05. The van der Waals surface area contributed by atoms with Crippen LogP contribution < -0.4 is 11.1 Å². The van der Waals surface area contributed by atoms with Crippen molar-refractivity contribution in [2.45, 2.75) is 220 Å². The van der Waals surface area contributed by atoms with E-state index in [4.69, 9.17) is 15.5 Å². The maximum Gasteiger partial charge on any atom is 0.306 e. The minimum Gasteiger partial charge on any atom is -0.458 e. The zero-order valence-electron chi connectivity index (χ0n) is 45.6. The summed E-state index contributed by atoms with van der Waals surface area (Å²) >= 11 is 0. The third-order valence-corrected chi connectivity index (χ3v) is 14.7. The SMILES string of the molecule is CCCCCCCCCCCCN(C)CCCN1CCN(CCCN(CCCCCCCCCCCC)CCCCCC(=O)OC(C)(C)Cn2c(CNCC)nc3c(N)nc4ccccc4c32)CC1. The van der Waals surface area contributed by atoms with Gasteiger partial charge >= 0.3 is 5.97 Å². The Labute approximate surface area is 422 Å². The van der Waals surface area contributed by atoms with Gasteiger partial charge in [-0.05, 0) is 118 Å². The number of carbonyl (C=O) groups excluding carboxylic acids is 1. The van der Waals surface area contributed by atoms with Gasteiger partial charge in [-0.3, -0.25) is 4.79 Å². The molecule has 0 saturated carbocycles. The highest BCUT2D eigenvalue weighted by Gasteiger charge is 2.28. The zero-order valence-corrected chi connectivity index (χ0v) is 45.6. The zero-order chi connectivity index (χ0) is 49.4.